The van der Waals surface area contributed by atoms with Gasteiger partial charge in [0.1, 0.15) is 17.7 Å². The van der Waals surface area contributed by atoms with Gasteiger partial charge in [-0.3, -0.25) is 0 Å². The van der Waals surface area contributed by atoms with Crippen LogP contribution in [0.4, 0.5) is 0 Å². The number of benzene rings is 2. The quantitative estimate of drug-likeness (QED) is 0.753. The first-order valence-electron chi connectivity index (χ1n) is 9.39. The summed E-state index contributed by atoms with van der Waals surface area (Å²) >= 11 is 0. The summed E-state index contributed by atoms with van der Waals surface area (Å²) in [5, 5.41) is 11.2. The summed E-state index contributed by atoms with van der Waals surface area (Å²) in [6, 6.07) is 15.1. The van der Waals surface area contributed by atoms with E-state index in [9.17, 15) is 9.90 Å². The molecule has 0 spiro atoms. The Balaban J connectivity index is 2.14. The highest BCUT2D eigenvalue weighted by Crippen LogP contribution is 2.48. The molecular weight excluding hydrogens is 370 g/mol. The normalized spacial score (nSPS) is 18.0. The summed E-state index contributed by atoms with van der Waals surface area (Å²) in [5.74, 6) is 0.882. The van der Waals surface area contributed by atoms with E-state index in [0.29, 0.717) is 29.3 Å². The number of hydrogen-bond donors (Lipinski definition) is 1. The lowest BCUT2D eigenvalue weighted by Crippen LogP contribution is -2.38. The molecule has 1 atom stereocenters. The minimum Gasteiger partial charge on any atom is -0.497 e. The maximum Gasteiger partial charge on any atom is 0.336 e. The summed E-state index contributed by atoms with van der Waals surface area (Å²) in [5.41, 5.74) is 1.99. The molecule has 0 saturated carbocycles. The Hall–Kier alpha value is -2.99. The number of methoxy groups -OCH3 is 3. The molecule has 1 N–H and O–H groups in total. The first kappa shape index (κ1) is 20.7. The predicted molar refractivity (Wildman–Crippen MR) is 110 cm³/mol. The van der Waals surface area contributed by atoms with Crippen molar-refractivity contribution in [2.45, 2.75) is 26.6 Å². The highest BCUT2D eigenvalue weighted by molar-refractivity contribution is 6.00. The predicted octanol–water partition coefficient (Wildman–Crippen LogP) is 3.45. The molecule has 0 bridgehead atoms. The number of hydrogen-bond acceptors (Lipinski definition) is 6. The van der Waals surface area contributed by atoms with Crippen LogP contribution in [0.15, 0.2) is 54.1 Å². The van der Waals surface area contributed by atoms with Gasteiger partial charge in [-0.15, -0.1) is 0 Å². The van der Waals surface area contributed by atoms with Crippen LogP contribution in [0, 0.1) is 5.41 Å². The molecule has 1 heterocycles. The molecule has 29 heavy (non-hydrogen) atoms. The van der Waals surface area contributed by atoms with E-state index in [1.165, 1.54) is 7.11 Å². The van der Waals surface area contributed by atoms with E-state index in [-0.39, 0.29) is 0 Å². The van der Waals surface area contributed by atoms with Gasteiger partial charge in [0.15, 0.2) is 0 Å². The molecule has 2 aromatic rings. The molecule has 154 valence electrons. The molecule has 1 unspecified atom stereocenters. The topological polar surface area (TPSA) is 68.2 Å². The van der Waals surface area contributed by atoms with E-state index in [1.807, 2.05) is 61.2 Å². The molecule has 1 aliphatic heterocycles. The van der Waals surface area contributed by atoms with Crippen molar-refractivity contribution in [2.24, 2.45) is 5.41 Å². The fraction of sp³-hybridized carbons (Fsp3) is 0.348. The Morgan fingerprint density at radius 1 is 1.07 bits per heavy atom. The lowest BCUT2D eigenvalue weighted by atomic mass is 9.83. The van der Waals surface area contributed by atoms with Gasteiger partial charge in [-0.2, -0.15) is 0 Å². The van der Waals surface area contributed by atoms with Crippen LogP contribution in [0.3, 0.4) is 0 Å². The fourth-order valence-electron chi connectivity index (χ4n) is 3.79. The molecule has 1 aliphatic rings. The van der Waals surface area contributed by atoms with Gasteiger partial charge in [-0.1, -0.05) is 44.2 Å². The Kier molecular flexibility index (Phi) is 5.84. The summed E-state index contributed by atoms with van der Waals surface area (Å²) in [4.78, 5) is 14.5. The van der Waals surface area contributed by atoms with Gasteiger partial charge in [0, 0.05) is 23.6 Å². The number of nitrogens with zero attached hydrogens (tertiary/aromatic N) is 1. The molecule has 6 heteroatoms. The second kappa shape index (κ2) is 8.17. The Morgan fingerprint density at radius 3 is 2.34 bits per heavy atom. The fourth-order valence-corrected chi connectivity index (χ4v) is 3.79. The summed E-state index contributed by atoms with van der Waals surface area (Å²) in [7, 11) is 4.55. The van der Waals surface area contributed by atoms with Crippen LogP contribution in [0.25, 0.3) is 5.70 Å². The number of aliphatic hydroxyl groups is 1. The summed E-state index contributed by atoms with van der Waals surface area (Å²) in [6.07, 6.45) is -0.918. The van der Waals surface area contributed by atoms with Crippen molar-refractivity contribution >= 4 is 11.7 Å². The lowest BCUT2D eigenvalue weighted by molar-refractivity contribution is -0.138. The maximum absolute atomic E-state index is 12.7. The summed E-state index contributed by atoms with van der Waals surface area (Å²) in [6.45, 7) is 4.04. The van der Waals surface area contributed by atoms with Crippen molar-refractivity contribution in [1.29, 1.82) is 0 Å². The van der Waals surface area contributed by atoms with Crippen LogP contribution < -0.4 is 9.47 Å². The number of carbonyl (C=O) groups is 1. The van der Waals surface area contributed by atoms with E-state index in [4.69, 9.17) is 14.2 Å². The Bertz CT molecular complexity index is 920. The minimum atomic E-state index is -0.918. The highest BCUT2D eigenvalue weighted by atomic mass is 16.5. The van der Waals surface area contributed by atoms with Crippen molar-refractivity contribution in [3.63, 3.8) is 0 Å². The molecule has 2 aromatic carbocycles. The molecule has 0 fully saturated rings. The highest BCUT2D eigenvalue weighted by Gasteiger charge is 2.49. The van der Waals surface area contributed by atoms with E-state index in [1.54, 1.807) is 20.3 Å². The van der Waals surface area contributed by atoms with Crippen LogP contribution in [0.2, 0.25) is 0 Å². The second-order valence-corrected chi connectivity index (χ2v) is 7.48. The number of aliphatic hydroxyl groups excluding tert-OH is 1. The smallest absolute Gasteiger partial charge is 0.336 e. The zero-order chi connectivity index (χ0) is 21.2. The van der Waals surface area contributed by atoms with Gasteiger partial charge in [0.2, 0.25) is 0 Å². The summed E-state index contributed by atoms with van der Waals surface area (Å²) < 4.78 is 15.9. The van der Waals surface area contributed by atoms with Crippen LogP contribution in [-0.4, -0.2) is 43.5 Å². The second-order valence-electron chi connectivity index (χ2n) is 7.48. The van der Waals surface area contributed by atoms with Crippen molar-refractivity contribution in [3.05, 3.63) is 65.2 Å². The standard InChI is InChI=1S/C23H27NO5/c1-23(2)19(21(25)29-5)20(15-9-7-6-8-10-15)24(22(23)26)14-16-11-12-17(27-3)13-18(16)28-4/h6-13,22,26H,14H2,1-5H3. The number of esters is 1. The van der Waals surface area contributed by atoms with Crippen molar-refractivity contribution < 1.29 is 24.1 Å². The van der Waals surface area contributed by atoms with Gasteiger partial charge >= 0.3 is 5.97 Å². The number of ether oxygens (including phenoxy) is 3. The SMILES string of the molecule is COC(=O)C1=C(c2ccccc2)N(Cc2ccc(OC)cc2OC)C(O)C1(C)C. The number of rotatable bonds is 6. The first-order chi connectivity index (χ1) is 13.8. The van der Waals surface area contributed by atoms with Crippen LogP contribution in [0.5, 0.6) is 11.5 Å². The zero-order valence-corrected chi connectivity index (χ0v) is 17.4. The maximum atomic E-state index is 12.7. The largest absolute Gasteiger partial charge is 0.497 e. The minimum absolute atomic E-state index is 0.350. The monoisotopic (exact) mass is 397 g/mol. The van der Waals surface area contributed by atoms with Crippen molar-refractivity contribution in [3.8, 4) is 11.5 Å². The third-order valence-electron chi connectivity index (χ3n) is 5.38. The van der Waals surface area contributed by atoms with Gasteiger partial charge in [-0.25, -0.2) is 4.79 Å². The molecule has 3 rings (SSSR count). The van der Waals surface area contributed by atoms with Crippen LogP contribution in [0.1, 0.15) is 25.0 Å². The van der Waals surface area contributed by atoms with Gasteiger partial charge in [0.05, 0.1) is 32.6 Å². The molecule has 0 aliphatic carbocycles. The molecular formula is C23H27NO5. The average molecular weight is 397 g/mol. The molecule has 0 amide bonds. The van der Waals surface area contributed by atoms with Gasteiger partial charge < -0.3 is 24.2 Å². The van der Waals surface area contributed by atoms with Gasteiger partial charge in [0.25, 0.3) is 0 Å². The number of carbonyl (C=O) groups excluding carboxylic acids is 1. The van der Waals surface area contributed by atoms with Gasteiger partial charge in [-0.05, 0) is 17.7 Å². The lowest BCUT2D eigenvalue weighted by Gasteiger charge is -2.32. The van der Waals surface area contributed by atoms with E-state index < -0.39 is 17.6 Å². The third kappa shape index (κ3) is 3.68. The van der Waals surface area contributed by atoms with Crippen LogP contribution >= 0.6 is 0 Å². The molecule has 0 aromatic heterocycles. The van der Waals surface area contributed by atoms with E-state index >= 15 is 0 Å². The molecule has 0 radical (unpaired) electrons. The Labute approximate surface area is 171 Å². The average Bonchev–Trinajstić information content (AvgIpc) is 2.94. The Morgan fingerprint density at radius 2 is 1.76 bits per heavy atom. The van der Waals surface area contributed by atoms with E-state index in [2.05, 4.69) is 0 Å². The van der Waals surface area contributed by atoms with Crippen LogP contribution in [-0.2, 0) is 16.1 Å². The van der Waals surface area contributed by atoms with Crippen molar-refractivity contribution in [1.82, 2.24) is 4.90 Å². The third-order valence-corrected chi connectivity index (χ3v) is 5.38. The molecule has 0 saturated heterocycles. The zero-order valence-electron chi connectivity index (χ0n) is 17.4. The first-order valence-corrected chi connectivity index (χ1v) is 9.39. The molecule has 6 nitrogen and oxygen atoms in total. The van der Waals surface area contributed by atoms with E-state index in [0.717, 1.165) is 11.1 Å². The van der Waals surface area contributed by atoms with Crippen molar-refractivity contribution in [2.75, 3.05) is 21.3 Å².